The van der Waals surface area contributed by atoms with Crippen LogP contribution in [0.15, 0.2) is 271 Å². The van der Waals surface area contributed by atoms with Gasteiger partial charge >= 0.3 is 0 Å². The quantitative estimate of drug-likeness (QED) is 0.151. The summed E-state index contributed by atoms with van der Waals surface area (Å²) in [4.78, 5) is 2.42. The molecule has 10 aromatic carbocycles. The molecule has 12 aromatic rings. The molecule has 2 unspecified atom stereocenters. The normalized spacial score (nSPS) is 15.2. The minimum atomic E-state index is -0.240. The molecule has 0 bridgehead atoms. The summed E-state index contributed by atoms with van der Waals surface area (Å²) in [6, 6.07) is 76.9. The summed E-state index contributed by atoms with van der Waals surface area (Å²) in [5.74, 6) is 0.404. The van der Waals surface area contributed by atoms with Crippen molar-refractivity contribution in [1.82, 2.24) is 4.57 Å². The molecule has 0 N–H and O–H groups in total. The zero-order chi connectivity index (χ0) is 47.7. The van der Waals surface area contributed by atoms with E-state index in [-0.39, 0.29) is 11.7 Å². The van der Waals surface area contributed by atoms with Crippen molar-refractivity contribution in [3.05, 3.63) is 272 Å². The van der Waals surface area contributed by atoms with Crippen molar-refractivity contribution in [2.45, 2.75) is 0 Å². The molecule has 2 atom stereocenters. The van der Waals surface area contributed by atoms with E-state index < -0.39 is 0 Å². The van der Waals surface area contributed by atoms with Crippen molar-refractivity contribution in [3.8, 4) is 50.2 Å². The fourth-order valence-electron chi connectivity index (χ4n) is 11.3. The van der Waals surface area contributed by atoms with Crippen molar-refractivity contribution in [2.75, 3.05) is 4.90 Å². The van der Waals surface area contributed by atoms with Crippen LogP contribution in [0.3, 0.4) is 0 Å². The number of hydrogen-bond acceptors (Lipinski definition) is 2. The number of rotatable bonds is 8. The molecule has 0 saturated heterocycles. The molecule has 340 valence electrons. The first-order valence-corrected chi connectivity index (χ1v) is 24.7. The van der Waals surface area contributed by atoms with E-state index in [0.29, 0.717) is 5.92 Å². The Bertz CT molecular complexity index is 4230. The molecule has 72 heavy (non-hydrogen) atoms. The third kappa shape index (κ3) is 7.02. The van der Waals surface area contributed by atoms with Crippen LogP contribution in [-0.4, -0.2) is 4.57 Å². The van der Waals surface area contributed by atoms with Gasteiger partial charge in [-0.3, -0.25) is 0 Å². The Morgan fingerprint density at radius 1 is 0.417 bits per heavy atom. The van der Waals surface area contributed by atoms with Crippen LogP contribution >= 0.6 is 0 Å². The van der Waals surface area contributed by atoms with E-state index in [9.17, 15) is 4.39 Å². The topological polar surface area (TPSA) is 21.3 Å². The highest BCUT2D eigenvalue weighted by Gasteiger charge is 2.25. The van der Waals surface area contributed by atoms with Gasteiger partial charge in [0.05, 0.1) is 16.7 Å². The standard InChI is InChI=1S/C68H45FN2O/c69-52-31-25-45(26-32-52)46-27-33-54(34-28-46)71-64-23-10-8-19-60(64)61-36-30-48(43-66(61)71)49-39-50(41-51(40-49)57-21-12-22-63-62-20-9-11-24-67(62)72-68(57)63)56-37-38-65(59-18-7-6-17-58(56)59)70(53-15-2-1-3-16-53)55-35-29-44-13-4-5-14-47(44)42-55/h1-44,47H. The molecule has 2 aliphatic carbocycles. The van der Waals surface area contributed by atoms with E-state index in [1.54, 1.807) is 0 Å². The maximum Gasteiger partial charge on any atom is 0.143 e. The van der Waals surface area contributed by atoms with Crippen LogP contribution in [0.1, 0.15) is 0 Å². The Morgan fingerprint density at radius 3 is 1.88 bits per heavy atom. The molecule has 2 heterocycles. The first-order chi connectivity index (χ1) is 35.6. The number of aromatic nitrogens is 1. The first kappa shape index (κ1) is 41.7. The molecule has 2 aromatic heterocycles. The lowest BCUT2D eigenvalue weighted by molar-refractivity contribution is 0.628. The van der Waals surface area contributed by atoms with Crippen LogP contribution < -0.4 is 4.90 Å². The van der Waals surface area contributed by atoms with Gasteiger partial charge in [0, 0.05) is 61.4 Å². The number of fused-ring (bicyclic) bond motifs is 8. The summed E-state index contributed by atoms with van der Waals surface area (Å²) in [5.41, 5.74) is 17.0. The van der Waals surface area contributed by atoms with Crippen LogP contribution in [0.25, 0.3) is 105 Å². The van der Waals surface area contributed by atoms with E-state index in [2.05, 4.69) is 240 Å². The van der Waals surface area contributed by atoms with E-state index in [0.717, 1.165) is 106 Å². The number of nitrogens with zero attached hydrogens (tertiary/aromatic N) is 2. The van der Waals surface area contributed by atoms with Crippen molar-refractivity contribution in [1.29, 1.82) is 0 Å². The second kappa shape index (κ2) is 17.0. The molecule has 0 aliphatic heterocycles. The zero-order valence-corrected chi connectivity index (χ0v) is 39.2. The molecule has 4 heteroatoms. The van der Waals surface area contributed by atoms with Crippen molar-refractivity contribution in [2.24, 2.45) is 11.8 Å². The molecule has 0 fully saturated rings. The van der Waals surface area contributed by atoms with Gasteiger partial charge in [-0.1, -0.05) is 176 Å². The second-order valence-electron chi connectivity index (χ2n) is 18.9. The number of anilines is 2. The Balaban J connectivity index is 0.965. The molecule has 14 rings (SSSR count). The summed E-state index contributed by atoms with van der Waals surface area (Å²) < 4.78 is 23.0. The largest absolute Gasteiger partial charge is 0.455 e. The highest BCUT2D eigenvalue weighted by Crippen LogP contribution is 2.45. The fraction of sp³-hybridized carbons (Fsp3) is 0.0294. The van der Waals surface area contributed by atoms with Gasteiger partial charge in [0.15, 0.2) is 0 Å². The Morgan fingerprint density at radius 2 is 1.06 bits per heavy atom. The molecular formula is C68H45FN2O. The summed E-state index contributed by atoms with van der Waals surface area (Å²) >= 11 is 0. The average molecular weight is 925 g/mol. The molecule has 0 amide bonds. The minimum Gasteiger partial charge on any atom is -0.455 e. The summed E-state index contributed by atoms with van der Waals surface area (Å²) in [6.45, 7) is 0. The molecule has 2 aliphatic rings. The number of para-hydroxylation sites is 4. The maximum atomic E-state index is 13.9. The number of benzene rings is 10. The lowest BCUT2D eigenvalue weighted by atomic mass is 9.84. The van der Waals surface area contributed by atoms with Gasteiger partial charge in [-0.05, 0) is 129 Å². The molecule has 0 radical (unpaired) electrons. The molecule has 0 saturated carbocycles. The van der Waals surface area contributed by atoms with Crippen LogP contribution in [0, 0.1) is 17.7 Å². The molecular weight excluding hydrogens is 880 g/mol. The number of halogens is 1. The Kier molecular flexibility index (Phi) is 9.85. The van der Waals surface area contributed by atoms with E-state index in [4.69, 9.17) is 4.42 Å². The van der Waals surface area contributed by atoms with Gasteiger partial charge in [0.1, 0.15) is 17.0 Å². The highest BCUT2D eigenvalue weighted by atomic mass is 19.1. The van der Waals surface area contributed by atoms with Gasteiger partial charge in [-0.2, -0.15) is 0 Å². The van der Waals surface area contributed by atoms with Gasteiger partial charge in [-0.25, -0.2) is 4.39 Å². The molecule has 0 spiro atoms. The van der Waals surface area contributed by atoms with Gasteiger partial charge in [0.2, 0.25) is 0 Å². The zero-order valence-electron chi connectivity index (χ0n) is 39.2. The SMILES string of the molecule is Fc1ccc(-c2ccc(-n3c4ccccc4c4ccc(-c5cc(-c6ccc(N(C7=CC8C=CC=CC8C=C7)c7ccccc7)c7ccccc67)cc(-c6cccc7c6oc6ccccc67)c5)cc43)cc2)cc1. The number of hydrogen-bond donors (Lipinski definition) is 0. The Labute approximate surface area is 416 Å². The third-order valence-electron chi connectivity index (χ3n) is 14.8. The summed E-state index contributed by atoms with van der Waals surface area (Å²) in [5, 5.41) is 6.90. The number of allylic oxidation sites excluding steroid dienone is 7. The van der Waals surface area contributed by atoms with Gasteiger partial charge < -0.3 is 13.9 Å². The molecule has 3 nitrogen and oxygen atoms in total. The lowest BCUT2D eigenvalue weighted by Crippen LogP contribution is -2.21. The lowest BCUT2D eigenvalue weighted by Gasteiger charge is -2.32. The van der Waals surface area contributed by atoms with Crippen LogP contribution in [0.4, 0.5) is 15.8 Å². The van der Waals surface area contributed by atoms with Crippen molar-refractivity contribution >= 4 is 65.9 Å². The summed E-state index contributed by atoms with van der Waals surface area (Å²) in [6.07, 6.45) is 15.9. The minimum absolute atomic E-state index is 0.240. The van der Waals surface area contributed by atoms with Gasteiger partial charge in [0.25, 0.3) is 0 Å². The summed E-state index contributed by atoms with van der Waals surface area (Å²) in [7, 11) is 0. The number of furan rings is 1. The van der Waals surface area contributed by atoms with E-state index in [1.165, 1.54) is 28.3 Å². The van der Waals surface area contributed by atoms with Crippen LogP contribution in [0.2, 0.25) is 0 Å². The predicted molar refractivity (Wildman–Crippen MR) is 298 cm³/mol. The fourth-order valence-corrected chi connectivity index (χ4v) is 11.3. The average Bonchev–Trinajstić information content (AvgIpc) is 3.99. The Hall–Kier alpha value is -9.25. The van der Waals surface area contributed by atoms with Crippen LogP contribution in [-0.2, 0) is 0 Å². The van der Waals surface area contributed by atoms with Crippen molar-refractivity contribution < 1.29 is 8.81 Å². The van der Waals surface area contributed by atoms with Gasteiger partial charge in [-0.15, -0.1) is 0 Å². The highest BCUT2D eigenvalue weighted by molar-refractivity contribution is 6.12. The monoisotopic (exact) mass is 924 g/mol. The second-order valence-corrected chi connectivity index (χ2v) is 18.9. The van der Waals surface area contributed by atoms with Crippen molar-refractivity contribution in [3.63, 3.8) is 0 Å². The third-order valence-corrected chi connectivity index (χ3v) is 14.8. The van der Waals surface area contributed by atoms with E-state index in [1.807, 2.05) is 18.2 Å². The van der Waals surface area contributed by atoms with E-state index >= 15 is 0 Å². The maximum absolute atomic E-state index is 13.9. The smallest absolute Gasteiger partial charge is 0.143 e. The first-order valence-electron chi connectivity index (χ1n) is 24.7. The van der Waals surface area contributed by atoms with Crippen LogP contribution in [0.5, 0.6) is 0 Å². The predicted octanol–water partition coefficient (Wildman–Crippen LogP) is 18.6.